The third-order valence-electron chi connectivity index (χ3n) is 4.25. The van der Waals surface area contributed by atoms with E-state index in [1.807, 2.05) is 6.08 Å². The van der Waals surface area contributed by atoms with Crippen molar-refractivity contribution in [2.45, 2.75) is 18.3 Å². The van der Waals surface area contributed by atoms with E-state index < -0.39 is 0 Å². The Morgan fingerprint density at radius 2 is 1.67 bits per heavy atom. The van der Waals surface area contributed by atoms with E-state index in [-0.39, 0.29) is 5.92 Å². The molecule has 1 aliphatic rings. The lowest BCUT2D eigenvalue weighted by Gasteiger charge is -2.22. The first-order valence-corrected chi connectivity index (χ1v) is 7.44. The van der Waals surface area contributed by atoms with Gasteiger partial charge in [-0.3, -0.25) is 0 Å². The van der Waals surface area contributed by atoms with Crippen LogP contribution in [0.2, 0.25) is 0 Å². The highest BCUT2D eigenvalue weighted by molar-refractivity contribution is 5.69. The Labute approximate surface area is 127 Å². The van der Waals surface area contributed by atoms with Gasteiger partial charge in [0, 0.05) is 11.8 Å². The Bertz CT molecular complexity index is 676. The van der Waals surface area contributed by atoms with Gasteiger partial charge in [-0.2, -0.15) is 0 Å². The normalized spacial score (nSPS) is 17.7. The summed E-state index contributed by atoms with van der Waals surface area (Å²) >= 11 is 0. The lowest BCUT2D eigenvalue weighted by atomic mass is 9.82. The minimum atomic E-state index is 0.267. The molecule has 0 saturated heterocycles. The zero-order valence-electron chi connectivity index (χ0n) is 12.2. The molecule has 21 heavy (non-hydrogen) atoms. The van der Waals surface area contributed by atoms with Crippen LogP contribution in [0.25, 0.3) is 6.08 Å². The van der Waals surface area contributed by atoms with Crippen LogP contribution in [0.5, 0.6) is 0 Å². The lowest BCUT2D eigenvalue weighted by molar-refractivity contribution is 0.768. The maximum atomic E-state index is 4.07. The van der Waals surface area contributed by atoms with Gasteiger partial charge >= 0.3 is 0 Å². The Hall–Kier alpha value is -2.34. The minimum Gasteiger partial charge on any atom is -0.103 e. The van der Waals surface area contributed by atoms with E-state index in [2.05, 4.69) is 79.9 Å². The summed E-state index contributed by atoms with van der Waals surface area (Å²) in [7, 11) is 0. The largest absolute Gasteiger partial charge is 0.103 e. The Morgan fingerprint density at radius 1 is 0.952 bits per heavy atom. The molecular formula is C21H20. The van der Waals surface area contributed by atoms with Crippen LogP contribution in [-0.4, -0.2) is 0 Å². The molecule has 0 fully saturated rings. The maximum Gasteiger partial charge on any atom is 0.0235 e. The molecular weight excluding hydrogens is 252 g/mol. The van der Waals surface area contributed by atoms with E-state index in [9.17, 15) is 0 Å². The number of hydrogen-bond donors (Lipinski definition) is 0. The molecule has 2 atom stereocenters. The van der Waals surface area contributed by atoms with Crippen molar-refractivity contribution in [3.63, 3.8) is 0 Å². The summed E-state index contributed by atoms with van der Waals surface area (Å²) < 4.78 is 0. The van der Waals surface area contributed by atoms with Crippen LogP contribution in [0, 0.1) is 0 Å². The van der Waals surface area contributed by atoms with Crippen molar-refractivity contribution in [2.24, 2.45) is 0 Å². The van der Waals surface area contributed by atoms with Gasteiger partial charge in [0.15, 0.2) is 0 Å². The second-order valence-electron chi connectivity index (χ2n) is 5.47. The van der Waals surface area contributed by atoms with Gasteiger partial charge in [0.05, 0.1) is 0 Å². The molecule has 0 N–H and O–H groups in total. The van der Waals surface area contributed by atoms with E-state index in [0.717, 1.165) is 6.42 Å². The van der Waals surface area contributed by atoms with Crippen molar-refractivity contribution in [3.05, 3.63) is 102 Å². The molecule has 0 amide bonds. The lowest BCUT2D eigenvalue weighted by Crippen LogP contribution is -2.06. The zero-order chi connectivity index (χ0) is 14.7. The molecule has 104 valence electrons. The Kier molecular flexibility index (Phi) is 3.87. The highest BCUT2D eigenvalue weighted by Gasteiger charge is 2.28. The topological polar surface area (TPSA) is 0 Å². The van der Waals surface area contributed by atoms with Gasteiger partial charge < -0.3 is 0 Å². The van der Waals surface area contributed by atoms with E-state index >= 15 is 0 Å². The van der Waals surface area contributed by atoms with Crippen molar-refractivity contribution in [2.75, 3.05) is 0 Å². The third-order valence-corrected chi connectivity index (χ3v) is 4.25. The smallest absolute Gasteiger partial charge is 0.0235 e. The molecule has 2 aromatic carbocycles. The molecule has 0 bridgehead atoms. The highest BCUT2D eigenvalue weighted by atomic mass is 14.3. The Morgan fingerprint density at radius 3 is 2.38 bits per heavy atom. The first kappa shape index (κ1) is 13.6. The number of fused-ring (bicyclic) bond motifs is 1. The van der Waals surface area contributed by atoms with E-state index in [1.165, 1.54) is 22.3 Å². The summed E-state index contributed by atoms with van der Waals surface area (Å²) in [5.41, 5.74) is 5.48. The van der Waals surface area contributed by atoms with Crippen LogP contribution in [0.4, 0.5) is 0 Å². The summed E-state index contributed by atoms with van der Waals surface area (Å²) in [5.74, 6) is 0.686. The van der Waals surface area contributed by atoms with Gasteiger partial charge in [0.25, 0.3) is 0 Å². The quantitative estimate of drug-likeness (QED) is 0.611. The van der Waals surface area contributed by atoms with E-state index in [1.54, 1.807) is 0 Å². The molecule has 0 nitrogen and oxygen atoms in total. The number of allylic oxidation sites excluding steroid dienone is 3. The standard InChI is InChI=1S/C21H20/c1-3-10-20-19-14-9-8-13-17(19)15-21(20)18(4-2)16-11-6-5-7-12-16/h3-9,11-15,18,20H,1-2,10H2. The Balaban J connectivity index is 2.04. The first-order valence-electron chi connectivity index (χ1n) is 7.44. The molecule has 0 radical (unpaired) electrons. The average molecular weight is 272 g/mol. The highest BCUT2D eigenvalue weighted by Crippen LogP contribution is 2.45. The average Bonchev–Trinajstić information content (AvgIpc) is 2.89. The van der Waals surface area contributed by atoms with Crippen molar-refractivity contribution in [1.29, 1.82) is 0 Å². The number of benzene rings is 2. The molecule has 0 heterocycles. The van der Waals surface area contributed by atoms with E-state index in [0.29, 0.717) is 5.92 Å². The van der Waals surface area contributed by atoms with Gasteiger partial charge in [-0.1, -0.05) is 78.4 Å². The van der Waals surface area contributed by atoms with Crippen molar-refractivity contribution >= 4 is 6.08 Å². The van der Waals surface area contributed by atoms with Crippen molar-refractivity contribution < 1.29 is 0 Å². The first-order chi connectivity index (χ1) is 10.3. The fourth-order valence-electron chi connectivity index (χ4n) is 3.28. The van der Waals surface area contributed by atoms with Gasteiger partial charge in [-0.05, 0) is 23.1 Å². The summed E-state index contributed by atoms with van der Waals surface area (Å²) in [4.78, 5) is 0. The second kappa shape index (κ2) is 5.97. The molecule has 0 spiro atoms. The van der Waals surface area contributed by atoms with Crippen LogP contribution < -0.4 is 0 Å². The predicted molar refractivity (Wildman–Crippen MR) is 91.4 cm³/mol. The summed E-state index contributed by atoms with van der Waals surface area (Å²) in [5, 5.41) is 0. The van der Waals surface area contributed by atoms with Gasteiger partial charge in [0.2, 0.25) is 0 Å². The molecule has 1 aliphatic carbocycles. The monoisotopic (exact) mass is 272 g/mol. The molecule has 3 rings (SSSR count). The van der Waals surface area contributed by atoms with Crippen LogP contribution in [0.15, 0.2) is 85.5 Å². The third kappa shape index (κ3) is 2.50. The molecule has 0 aliphatic heterocycles. The minimum absolute atomic E-state index is 0.267. The summed E-state index contributed by atoms with van der Waals surface area (Å²) in [6.07, 6.45) is 7.39. The maximum absolute atomic E-state index is 4.07. The van der Waals surface area contributed by atoms with Crippen molar-refractivity contribution in [3.8, 4) is 0 Å². The van der Waals surface area contributed by atoms with Crippen LogP contribution in [0.3, 0.4) is 0 Å². The fourth-order valence-corrected chi connectivity index (χ4v) is 3.28. The number of rotatable bonds is 5. The number of hydrogen-bond acceptors (Lipinski definition) is 0. The van der Waals surface area contributed by atoms with Crippen LogP contribution >= 0.6 is 0 Å². The SMILES string of the molecule is C=CCC1C(C(C=C)c2ccccc2)=Cc2ccccc21. The summed E-state index contributed by atoms with van der Waals surface area (Å²) in [6.45, 7) is 8.01. The molecule has 0 heteroatoms. The van der Waals surface area contributed by atoms with Gasteiger partial charge in [-0.15, -0.1) is 13.2 Å². The molecule has 2 unspecified atom stereocenters. The fraction of sp³-hybridized carbons (Fsp3) is 0.143. The van der Waals surface area contributed by atoms with Gasteiger partial charge in [0.1, 0.15) is 0 Å². The van der Waals surface area contributed by atoms with Gasteiger partial charge in [-0.25, -0.2) is 0 Å². The predicted octanol–water partition coefficient (Wildman–Crippen LogP) is 5.71. The zero-order valence-corrected chi connectivity index (χ0v) is 12.2. The molecule has 0 saturated carbocycles. The van der Waals surface area contributed by atoms with E-state index in [4.69, 9.17) is 0 Å². The summed E-state index contributed by atoms with van der Waals surface area (Å²) in [6, 6.07) is 19.3. The molecule has 0 aromatic heterocycles. The second-order valence-corrected chi connectivity index (χ2v) is 5.47. The van der Waals surface area contributed by atoms with Crippen molar-refractivity contribution in [1.82, 2.24) is 0 Å². The molecule has 2 aromatic rings. The van der Waals surface area contributed by atoms with Crippen LogP contribution in [-0.2, 0) is 0 Å². The van der Waals surface area contributed by atoms with Crippen LogP contribution in [0.1, 0.15) is 34.9 Å².